The lowest BCUT2D eigenvalue weighted by Crippen LogP contribution is -1.98. The van der Waals surface area contributed by atoms with Crippen LogP contribution in [0.4, 0.5) is 16.0 Å². The van der Waals surface area contributed by atoms with Crippen molar-refractivity contribution in [2.45, 2.75) is 0 Å². The van der Waals surface area contributed by atoms with Crippen LogP contribution in [0, 0.1) is 5.82 Å². The molecule has 0 unspecified atom stereocenters. The lowest BCUT2D eigenvalue weighted by atomic mass is 10.1. The van der Waals surface area contributed by atoms with Crippen LogP contribution in [0.1, 0.15) is 0 Å². The largest absolute Gasteiger partial charge is 0.324 e. The van der Waals surface area contributed by atoms with Gasteiger partial charge in [0.05, 0.1) is 5.69 Å². The van der Waals surface area contributed by atoms with E-state index >= 15 is 0 Å². The second kappa shape index (κ2) is 5.89. The van der Waals surface area contributed by atoms with E-state index in [1.807, 2.05) is 24.3 Å². The Labute approximate surface area is 126 Å². The van der Waals surface area contributed by atoms with Gasteiger partial charge < -0.3 is 5.32 Å². The van der Waals surface area contributed by atoms with E-state index in [-0.39, 0.29) is 5.82 Å². The highest BCUT2D eigenvalue weighted by Crippen LogP contribution is 2.26. The van der Waals surface area contributed by atoms with Crippen molar-refractivity contribution < 1.29 is 4.39 Å². The van der Waals surface area contributed by atoms with Crippen LogP contribution in [0.2, 0.25) is 5.02 Å². The van der Waals surface area contributed by atoms with Gasteiger partial charge in [0.2, 0.25) is 5.95 Å². The van der Waals surface area contributed by atoms with E-state index in [4.69, 9.17) is 11.6 Å². The SMILES string of the molecule is Fc1ccc(Nc2nccc(-c3ccccc3Cl)n2)cc1. The van der Waals surface area contributed by atoms with Crippen LogP contribution in [0.5, 0.6) is 0 Å². The summed E-state index contributed by atoms with van der Waals surface area (Å²) < 4.78 is 12.9. The first-order valence-electron chi connectivity index (χ1n) is 6.33. The smallest absolute Gasteiger partial charge is 0.227 e. The summed E-state index contributed by atoms with van der Waals surface area (Å²) >= 11 is 6.17. The van der Waals surface area contributed by atoms with E-state index in [0.717, 1.165) is 11.3 Å². The van der Waals surface area contributed by atoms with Gasteiger partial charge in [0.25, 0.3) is 0 Å². The van der Waals surface area contributed by atoms with Crippen molar-refractivity contribution in [3.05, 3.63) is 71.6 Å². The highest BCUT2D eigenvalue weighted by atomic mass is 35.5. The molecule has 0 radical (unpaired) electrons. The molecule has 0 aliphatic carbocycles. The van der Waals surface area contributed by atoms with Crippen LogP contribution in [0.25, 0.3) is 11.3 Å². The van der Waals surface area contributed by atoms with Crippen molar-refractivity contribution in [1.29, 1.82) is 0 Å². The molecule has 21 heavy (non-hydrogen) atoms. The van der Waals surface area contributed by atoms with Gasteiger partial charge in [-0.15, -0.1) is 0 Å². The monoisotopic (exact) mass is 299 g/mol. The van der Waals surface area contributed by atoms with Crippen LogP contribution in [0.15, 0.2) is 60.8 Å². The lowest BCUT2D eigenvalue weighted by Gasteiger charge is -2.07. The maximum atomic E-state index is 12.9. The summed E-state index contributed by atoms with van der Waals surface area (Å²) in [5, 5.41) is 3.66. The second-order valence-electron chi connectivity index (χ2n) is 4.38. The molecule has 1 aromatic heterocycles. The molecule has 0 aliphatic rings. The zero-order valence-corrected chi connectivity index (χ0v) is 11.7. The predicted molar refractivity (Wildman–Crippen MR) is 82.2 cm³/mol. The third kappa shape index (κ3) is 3.17. The molecular formula is C16H11ClFN3. The third-order valence-corrected chi connectivity index (χ3v) is 3.24. The Kier molecular flexibility index (Phi) is 3.79. The minimum absolute atomic E-state index is 0.286. The van der Waals surface area contributed by atoms with Crippen LogP contribution in [-0.4, -0.2) is 9.97 Å². The van der Waals surface area contributed by atoms with Gasteiger partial charge in [-0.05, 0) is 36.4 Å². The average Bonchev–Trinajstić information content (AvgIpc) is 2.50. The number of halogens is 2. The highest BCUT2D eigenvalue weighted by Gasteiger charge is 2.06. The number of aromatic nitrogens is 2. The van der Waals surface area contributed by atoms with Gasteiger partial charge in [0.15, 0.2) is 0 Å². The molecule has 104 valence electrons. The Morgan fingerprint density at radius 1 is 0.952 bits per heavy atom. The Bertz CT molecular complexity index is 759. The summed E-state index contributed by atoms with van der Waals surface area (Å²) in [5.74, 6) is 0.144. The number of hydrogen-bond donors (Lipinski definition) is 1. The Morgan fingerprint density at radius 2 is 1.71 bits per heavy atom. The molecule has 0 atom stereocenters. The second-order valence-corrected chi connectivity index (χ2v) is 4.78. The quantitative estimate of drug-likeness (QED) is 0.763. The minimum Gasteiger partial charge on any atom is -0.324 e. The van der Waals surface area contributed by atoms with E-state index in [0.29, 0.717) is 16.7 Å². The molecule has 2 aromatic carbocycles. The fourth-order valence-corrected chi connectivity index (χ4v) is 2.13. The van der Waals surface area contributed by atoms with E-state index in [9.17, 15) is 4.39 Å². The highest BCUT2D eigenvalue weighted by molar-refractivity contribution is 6.33. The zero-order chi connectivity index (χ0) is 14.7. The topological polar surface area (TPSA) is 37.8 Å². The van der Waals surface area contributed by atoms with Crippen molar-refractivity contribution in [2.24, 2.45) is 0 Å². The lowest BCUT2D eigenvalue weighted by molar-refractivity contribution is 0.628. The molecule has 3 nitrogen and oxygen atoms in total. The van der Waals surface area contributed by atoms with E-state index < -0.39 is 0 Å². The molecule has 0 saturated carbocycles. The average molecular weight is 300 g/mol. The molecule has 1 N–H and O–H groups in total. The van der Waals surface area contributed by atoms with Crippen molar-refractivity contribution in [1.82, 2.24) is 9.97 Å². The van der Waals surface area contributed by atoms with Crippen molar-refractivity contribution in [3.8, 4) is 11.3 Å². The molecule has 3 rings (SSSR count). The number of anilines is 2. The number of benzene rings is 2. The molecule has 5 heteroatoms. The third-order valence-electron chi connectivity index (χ3n) is 2.91. The van der Waals surface area contributed by atoms with Gasteiger partial charge in [-0.2, -0.15) is 0 Å². The molecule has 0 fully saturated rings. The minimum atomic E-state index is -0.286. The summed E-state index contributed by atoms with van der Waals surface area (Å²) in [6.45, 7) is 0. The molecular weight excluding hydrogens is 289 g/mol. The van der Waals surface area contributed by atoms with Crippen molar-refractivity contribution >= 4 is 23.2 Å². The predicted octanol–water partition coefficient (Wildman–Crippen LogP) is 4.68. The van der Waals surface area contributed by atoms with E-state index in [2.05, 4.69) is 15.3 Å². The van der Waals surface area contributed by atoms with E-state index in [1.54, 1.807) is 24.4 Å². The van der Waals surface area contributed by atoms with Crippen LogP contribution < -0.4 is 5.32 Å². The van der Waals surface area contributed by atoms with Gasteiger partial charge in [-0.3, -0.25) is 0 Å². The summed E-state index contributed by atoms with van der Waals surface area (Å²) in [7, 11) is 0. The van der Waals surface area contributed by atoms with Gasteiger partial charge in [-0.25, -0.2) is 14.4 Å². The molecule has 0 spiro atoms. The van der Waals surface area contributed by atoms with Crippen molar-refractivity contribution in [2.75, 3.05) is 5.32 Å². The number of hydrogen-bond acceptors (Lipinski definition) is 3. The maximum absolute atomic E-state index is 12.9. The standard InChI is InChI=1S/C16H11ClFN3/c17-14-4-2-1-3-13(14)15-9-10-19-16(21-15)20-12-7-5-11(18)6-8-12/h1-10H,(H,19,20,21). The summed E-state index contributed by atoms with van der Waals surface area (Å²) in [6.07, 6.45) is 1.65. The number of nitrogens with one attached hydrogen (secondary N) is 1. The first kappa shape index (κ1) is 13.5. The zero-order valence-electron chi connectivity index (χ0n) is 10.9. The molecule has 0 bridgehead atoms. The van der Waals surface area contributed by atoms with E-state index in [1.165, 1.54) is 12.1 Å². The summed E-state index contributed by atoms with van der Waals surface area (Å²) in [6, 6.07) is 15.3. The van der Waals surface area contributed by atoms with Gasteiger partial charge >= 0.3 is 0 Å². The molecule has 0 aliphatic heterocycles. The number of rotatable bonds is 3. The van der Waals surface area contributed by atoms with Crippen LogP contribution in [-0.2, 0) is 0 Å². The van der Waals surface area contributed by atoms with Crippen molar-refractivity contribution in [3.63, 3.8) is 0 Å². The summed E-state index contributed by atoms with van der Waals surface area (Å²) in [4.78, 5) is 8.57. The Balaban J connectivity index is 1.90. The first-order chi connectivity index (χ1) is 10.2. The molecule has 0 saturated heterocycles. The fraction of sp³-hybridized carbons (Fsp3) is 0. The molecule has 3 aromatic rings. The van der Waals surface area contributed by atoms with Crippen LogP contribution in [0.3, 0.4) is 0 Å². The fourth-order valence-electron chi connectivity index (χ4n) is 1.90. The van der Waals surface area contributed by atoms with Gasteiger partial charge in [0.1, 0.15) is 5.82 Å². The van der Waals surface area contributed by atoms with Crippen LogP contribution >= 0.6 is 11.6 Å². The Hall–Kier alpha value is -2.46. The number of nitrogens with zero attached hydrogens (tertiary/aromatic N) is 2. The normalized spacial score (nSPS) is 10.4. The molecule has 1 heterocycles. The first-order valence-corrected chi connectivity index (χ1v) is 6.71. The molecule has 0 amide bonds. The maximum Gasteiger partial charge on any atom is 0.227 e. The Morgan fingerprint density at radius 3 is 2.48 bits per heavy atom. The van der Waals surface area contributed by atoms with Gasteiger partial charge in [-0.1, -0.05) is 29.8 Å². The summed E-state index contributed by atoms with van der Waals surface area (Å²) in [5.41, 5.74) is 2.27. The van der Waals surface area contributed by atoms with Gasteiger partial charge in [0, 0.05) is 22.5 Å².